The Morgan fingerprint density at radius 3 is 2.30 bits per heavy atom. The minimum atomic E-state index is -3.72. The number of sulfonamides is 1. The van der Waals surface area contributed by atoms with Crippen molar-refractivity contribution >= 4 is 33.2 Å². The first kappa shape index (κ1) is 21.1. The first-order valence-corrected chi connectivity index (χ1v) is 10.4. The molecule has 0 spiro atoms. The highest BCUT2D eigenvalue weighted by Gasteiger charge is 2.14. The zero-order chi connectivity index (χ0) is 19.9. The van der Waals surface area contributed by atoms with E-state index in [1.807, 2.05) is 0 Å². The second kappa shape index (κ2) is 9.62. The van der Waals surface area contributed by atoms with Crippen LogP contribution in [0.4, 0.5) is 5.69 Å². The number of nitrogens with one attached hydrogen (secondary N) is 2. The van der Waals surface area contributed by atoms with Gasteiger partial charge in [-0.3, -0.25) is 9.52 Å². The monoisotopic (exact) mass is 410 g/mol. The molecule has 146 valence electrons. The zero-order valence-corrected chi connectivity index (χ0v) is 16.8. The van der Waals surface area contributed by atoms with E-state index in [1.165, 1.54) is 24.3 Å². The van der Waals surface area contributed by atoms with E-state index in [2.05, 4.69) is 23.9 Å². The number of rotatable bonds is 9. The Kier molecular flexibility index (Phi) is 7.50. The summed E-state index contributed by atoms with van der Waals surface area (Å²) >= 11 is 5.79. The lowest BCUT2D eigenvalue weighted by molar-refractivity contribution is -0.123. The molecule has 0 fully saturated rings. The number of halogens is 1. The van der Waals surface area contributed by atoms with Gasteiger partial charge in [-0.15, -0.1) is 0 Å². The second-order valence-electron chi connectivity index (χ2n) is 6.40. The normalized spacial score (nSPS) is 11.3. The van der Waals surface area contributed by atoms with Crippen LogP contribution >= 0.6 is 11.6 Å². The van der Waals surface area contributed by atoms with Crippen molar-refractivity contribution in [2.75, 3.05) is 17.9 Å². The van der Waals surface area contributed by atoms with Gasteiger partial charge in [0.15, 0.2) is 6.61 Å². The molecule has 2 aromatic carbocycles. The van der Waals surface area contributed by atoms with Gasteiger partial charge in [-0.1, -0.05) is 25.4 Å². The largest absolute Gasteiger partial charge is 0.484 e. The second-order valence-corrected chi connectivity index (χ2v) is 8.52. The molecule has 2 N–H and O–H groups in total. The van der Waals surface area contributed by atoms with Crippen LogP contribution in [0, 0.1) is 5.92 Å². The predicted octanol–water partition coefficient (Wildman–Crippen LogP) is 3.68. The van der Waals surface area contributed by atoms with Crippen molar-refractivity contribution in [2.24, 2.45) is 5.92 Å². The van der Waals surface area contributed by atoms with Gasteiger partial charge in [0, 0.05) is 17.3 Å². The lowest BCUT2D eigenvalue weighted by Crippen LogP contribution is -2.30. The number of hydrogen-bond acceptors (Lipinski definition) is 4. The Balaban J connectivity index is 1.90. The van der Waals surface area contributed by atoms with Crippen LogP contribution in [-0.4, -0.2) is 27.5 Å². The van der Waals surface area contributed by atoms with Crippen molar-refractivity contribution in [1.29, 1.82) is 0 Å². The van der Waals surface area contributed by atoms with E-state index in [0.29, 0.717) is 28.9 Å². The molecule has 0 saturated carbocycles. The van der Waals surface area contributed by atoms with Crippen LogP contribution in [0.25, 0.3) is 0 Å². The fourth-order valence-corrected chi connectivity index (χ4v) is 3.33. The van der Waals surface area contributed by atoms with Crippen LogP contribution in [0.1, 0.15) is 20.3 Å². The lowest BCUT2D eigenvalue weighted by Gasteiger charge is -2.10. The third kappa shape index (κ3) is 7.11. The van der Waals surface area contributed by atoms with Crippen LogP contribution in [0.3, 0.4) is 0 Å². The van der Waals surface area contributed by atoms with Gasteiger partial charge in [-0.25, -0.2) is 8.42 Å². The average Bonchev–Trinajstić information content (AvgIpc) is 2.62. The molecule has 0 aliphatic heterocycles. The number of ether oxygens (including phenoxy) is 1. The van der Waals surface area contributed by atoms with Crippen LogP contribution in [0.2, 0.25) is 5.02 Å². The molecule has 1 amide bonds. The van der Waals surface area contributed by atoms with Gasteiger partial charge in [0.1, 0.15) is 5.75 Å². The molecule has 2 aromatic rings. The smallest absolute Gasteiger partial charge is 0.261 e. The van der Waals surface area contributed by atoms with Crippen LogP contribution in [-0.2, 0) is 14.8 Å². The molecule has 2 rings (SSSR count). The minimum Gasteiger partial charge on any atom is -0.484 e. The molecule has 0 bridgehead atoms. The Labute approximate surface area is 164 Å². The third-order valence-corrected chi connectivity index (χ3v) is 5.29. The van der Waals surface area contributed by atoms with Crippen molar-refractivity contribution in [3.8, 4) is 5.75 Å². The number of anilines is 1. The van der Waals surface area contributed by atoms with Gasteiger partial charge < -0.3 is 10.1 Å². The van der Waals surface area contributed by atoms with Crippen LogP contribution in [0.5, 0.6) is 5.75 Å². The molecule has 0 radical (unpaired) electrons. The summed E-state index contributed by atoms with van der Waals surface area (Å²) in [7, 11) is -3.72. The Morgan fingerprint density at radius 2 is 1.70 bits per heavy atom. The SMILES string of the molecule is CC(C)CCNC(=O)COc1ccc(S(=O)(=O)Nc2ccc(Cl)cc2)cc1. The van der Waals surface area contributed by atoms with E-state index in [1.54, 1.807) is 24.3 Å². The Hall–Kier alpha value is -2.25. The van der Waals surface area contributed by atoms with E-state index >= 15 is 0 Å². The van der Waals surface area contributed by atoms with E-state index < -0.39 is 10.0 Å². The van der Waals surface area contributed by atoms with Gasteiger partial charge in [0.2, 0.25) is 0 Å². The molecule has 0 heterocycles. The molecule has 0 unspecified atom stereocenters. The minimum absolute atomic E-state index is 0.0891. The molecule has 0 saturated heterocycles. The number of amides is 1. The molecular weight excluding hydrogens is 388 g/mol. The predicted molar refractivity (Wildman–Crippen MR) is 107 cm³/mol. The van der Waals surface area contributed by atoms with Gasteiger partial charge in [-0.2, -0.15) is 0 Å². The quantitative estimate of drug-likeness (QED) is 0.660. The summed E-state index contributed by atoms with van der Waals surface area (Å²) in [5, 5.41) is 3.29. The first-order chi connectivity index (χ1) is 12.8. The molecule has 0 aliphatic rings. The fourth-order valence-electron chi connectivity index (χ4n) is 2.15. The van der Waals surface area contributed by atoms with E-state index in [4.69, 9.17) is 16.3 Å². The highest BCUT2D eigenvalue weighted by molar-refractivity contribution is 7.92. The highest BCUT2D eigenvalue weighted by atomic mass is 35.5. The Bertz CT molecular complexity index is 850. The highest BCUT2D eigenvalue weighted by Crippen LogP contribution is 2.20. The molecule has 6 nitrogen and oxygen atoms in total. The van der Waals surface area contributed by atoms with Crippen LogP contribution in [0.15, 0.2) is 53.4 Å². The summed E-state index contributed by atoms with van der Waals surface area (Å²) in [5.41, 5.74) is 0.415. The molecular formula is C19H23ClN2O4S. The van der Waals surface area contributed by atoms with Crippen molar-refractivity contribution < 1.29 is 17.9 Å². The molecule has 8 heteroatoms. The fraction of sp³-hybridized carbons (Fsp3) is 0.316. The van der Waals surface area contributed by atoms with E-state index in [0.717, 1.165) is 6.42 Å². The zero-order valence-electron chi connectivity index (χ0n) is 15.2. The van der Waals surface area contributed by atoms with Crippen molar-refractivity contribution in [1.82, 2.24) is 5.32 Å². The first-order valence-electron chi connectivity index (χ1n) is 8.54. The van der Waals surface area contributed by atoms with Gasteiger partial charge in [0.05, 0.1) is 4.90 Å². The summed E-state index contributed by atoms with van der Waals surface area (Å²) in [6, 6.07) is 12.2. The molecule has 27 heavy (non-hydrogen) atoms. The van der Waals surface area contributed by atoms with E-state index in [9.17, 15) is 13.2 Å². The lowest BCUT2D eigenvalue weighted by atomic mass is 10.1. The van der Waals surface area contributed by atoms with Crippen molar-refractivity contribution in [3.05, 3.63) is 53.6 Å². The number of hydrogen-bond donors (Lipinski definition) is 2. The van der Waals surface area contributed by atoms with Gasteiger partial charge in [-0.05, 0) is 60.9 Å². The summed E-state index contributed by atoms with van der Waals surface area (Å²) in [6.45, 7) is 4.65. The summed E-state index contributed by atoms with van der Waals surface area (Å²) < 4.78 is 32.6. The maximum Gasteiger partial charge on any atom is 0.261 e. The number of benzene rings is 2. The summed E-state index contributed by atoms with van der Waals surface area (Å²) in [5.74, 6) is 0.721. The van der Waals surface area contributed by atoms with Crippen molar-refractivity contribution in [2.45, 2.75) is 25.2 Å². The van der Waals surface area contributed by atoms with Gasteiger partial charge in [0.25, 0.3) is 15.9 Å². The Morgan fingerprint density at radius 1 is 1.07 bits per heavy atom. The maximum absolute atomic E-state index is 12.4. The standard InChI is InChI=1S/C19H23ClN2O4S/c1-14(2)11-12-21-19(23)13-26-17-7-9-18(10-8-17)27(24,25)22-16-5-3-15(20)4-6-16/h3-10,14,22H,11-13H2,1-2H3,(H,21,23). The number of carbonyl (C=O) groups is 1. The molecule has 0 aromatic heterocycles. The third-order valence-electron chi connectivity index (χ3n) is 3.64. The number of carbonyl (C=O) groups excluding carboxylic acids is 1. The van der Waals surface area contributed by atoms with Crippen LogP contribution < -0.4 is 14.8 Å². The average molecular weight is 411 g/mol. The summed E-state index contributed by atoms with van der Waals surface area (Å²) in [6.07, 6.45) is 0.902. The van der Waals surface area contributed by atoms with E-state index in [-0.39, 0.29) is 17.4 Å². The maximum atomic E-state index is 12.4. The molecule has 0 atom stereocenters. The van der Waals surface area contributed by atoms with Crippen molar-refractivity contribution in [3.63, 3.8) is 0 Å². The summed E-state index contributed by atoms with van der Waals surface area (Å²) in [4.78, 5) is 11.8. The topological polar surface area (TPSA) is 84.5 Å². The van der Waals surface area contributed by atoms with Gasteiger partial charge >= 0.3 is 0 Å². The molecule has 0 aliphatic carbocycles.